The van der Waals surface area contributed by atoms with Crippen LogP contribution in [0.2, 0.25) is 0 Å². The van der Waals surface area contributed by atoms with E-state index in [1.807, 2.05) is 45.0 Å². The molecule has 4 amide bonds. The average Bonchev–Trinajstić information content (AvgIpc) is 3.91. The number of esters is 1. The van der Waals surface area contributed by atoms with Gasteiger partial charge in [-0.1, -0.05) is 64.6 Å². The normalized spacial score (nSPS) is 17.8. The molecule has 4 heterocycles. The highest BCUT2D eigenvalue weighted by Crippen LogP contribution is 2.42. The number of aliphatic hydroxyl groups is 1. The fourth-order valence-electron chi connectivity index (χ4n) is 9.94. The van der Waals surface area contributed by atoms with Crippen molar-refractivity contribution in [3.05, 3.63) is 90.3 Å². The Bertz CT molecular complexity index is 2470. The van der Waals surface area contributed by atoms with E-state index < -0.39 is 35.4 Å². The van der Waals surface area contributed by atoms with Crippen LogP contribution in [0, 0.1) is 17.3 Å². The summed E-state index contributed by atoms with van der Waals surface area (Å²) < 4.78 is 13.7. The SMILES string of the molecule is C=CC(=O)N1C[C@@H](C(=O)N(C)[C@H](C(=O)N[C@@H](Cc2cccc(-c3ccc4c(c3)c(CC(C)(C)COC(C)=O)c(-c3cccnc3[C@H](C)OC)n4CC)c2)C(=O)N2CCCCN2)C(C)C)C[C@H]1CO. The Morgan fingerprint density at radius 1 is 1.06 bits per heavy atom. The Morgan fingerprint density at radius 3 is 2.46 bits per heavy atom. The van der Waals surface area contributed by atoms with Crippen LogP contribution in [-0.2, 0) is 52.8 Å². The summed E-state index contributed by atoms with van der Waals surface area (Å²) in [6.45, 7) is 18.9. The van der Waals surface area contributed by atoms with Crippen molar-refractivity contribution in [1.82, 2.24) is 35.1 Å². The lowest BCUT2D eigenvalue weighted by Gasteiger charge is -2.35. The molecule has 2 saturated heterocycles. The minimum Gasteiger partial charge on any atom is -0.465 e. The summed E-state index contributed by atoms with van der Waals surface area (Å²) in [5.74, 6) is -2.67. The van der Waals surface area contributed by atoms with E-state index in [-0.39, 0.29) is 68.3 Å². The molecule has 2 fully saturated rings. The number of ether oxygens (including phenoxy) is 2. The number of hydrazine groups is 1. The van der Waals surface area contributed by atoms with Crippen LogP contribution in [0.5, 0.6) is 0 Å². The number of aliphatic hydroxyl groups excluding tert-OH is 1. The number of nitrogens with zero attached hydrogens (tertiary/aromatic N) is 5. The van der Waals surface area contributed by atoms with Gasteiger partial charge in [0.15, 0.2) is 0 Å². The molecule has 2 aromatic heterocycles. The molecular formula is C53H71N7O8. The molecule has 366 valence electrons. The first kappa shape index (κ1) is 51.5. The Morgan fingerprint density at radius 2 is 1.81 bits per heavy atom. The number of nitrogens with one attached hydrogen (secondary N) is 2. The molecule has 6 rings (SSSR count). The van der Waals surface area contributed by atoms with Gasteiger partial charge < -0.3 is 34.3 Å². The lowest BCUT2D eigenvalue weighted by Crippen LogP contribution is -2.59. The lowest BCUT2D eigenvalue weighted by atomic mass is 9.84. The number of hydrogen-bond donors (Lipinski definition) is 3. The number of carbonyl (C=O) groups excluding carboxylic acids is 5. The summed E-state index contributed by atoms with van der Waals surface area (Å²) in [7, 11) is 3.26. The zero-order chi connectivity index (χ0) is 49.4. The highest BCUT2D eigenvalue weighted by molar-refractivity contribution is 5.96. The maximum absolute atomic E-state index is 14.5. The number of benzene rings is 2. The molecule has 0 aliphatic carbocycles. The number of rotatable bonds is 19. The van der Waals surface area contributed by atoms with E-state index in [4.69, 9.17) is 14.5 Å². The monoisotopic (exact) mass is 934 g/mol. The van der Waals surface area contributed by atoms with Gasteiger partial charge in [0, 0.05) is 81.8 Å². The molecule has 2 aliphatic heterocycles. The third-order valence-corrected chi connectivity index (χ3v) is 13.4. The maximum Gasteiger partial charge on any atom is 0.302 e. The van der Waals surface area contributed by atoms with Crippen molar-refractivity contribution in [1.29, 1.82) is 0 Å². The zero-order valence-corrected chi connectivity index (χ0v) is 41.3. The molecule has 4 aromatic rings. The van der Waals surface area contributed by atoms with Crippen LogP contribution >= 0.6 is 0 Å². The van der Waals surface area contributed by atoms with Gasteiger partial charge in [0.2, 0.25) is 17.7 Å². The Labute approximate surface area is 401 Å². The van der Waals surface area contributed by atoms with E-state index in [2.05, 4.69) is 73.0 Å². The van der Waals surface area contributed by atoms with Crippen LogP contribution in [0.1, 0.15) is 90.7 Å². The smallest absolute Gasteiger partial charge is 0.302 e. The predicted molar refractivity (Wildman–Crippen MR) is 263 cm³/mol. The summed E-state index contributed by atoms with van der Waals surface area (Å²) in [5.41, 5.74) is 10.5. The molecule has 15 heteroatoms. The molecule has 68 heavy (non-hydrogen) atoms. The Kier molecular flexibility index (Phi) is 17.0. The summed E-state index contributed by atoms with van der Waals surface area (Å²) in [6, 6.07) is 16.1. The fraction of sp³-hybridized carbons (Fsp3) is 0.509. The zero-order valence-electron chi connectivity index (χ0n) is 41.3. The number of pyridine rings is 1. The lowest BCUT2D eigenvalue weighted by molar-refractivity contribution is -0.146. The topological polar surface area (TPSA) is 176 Å². The molecule has 2 aliphatic rings. The van der Waals surface area contributed by atoms with E-state index in [0.717, 1.165) is 62.9 Å². The standard InChI is InChI=1S/C53H71N7O8/c1-11-46(63)59-30-39(27-40(59)31-61)51(65)57(9)48(33(3)4)50(64)56-44(52(66)60-24-14-13-23-55-60)26-36-17-15-18-37(25-36)38-20-21-45-42(28-38)43(29-53(7,8)32-68-35(6)62)49(58(45)12-2)41-19-16-22-54-47(41)34(5)67-10/h11,15-22,25,28,33-34,39-40,44,48,55,61H,1,12-14,23-24,26-27,29-32H2,2-10H3,(H,56,64)/t34-,39-,40-,44-,48-/m0/s1. The molecule has 15 nitrogen and oxygen atoms in total. The summed E-state index contributed by atoms with van der Waals surface area (Å²) in [4.78, 5) is 75.1. The second-order valence-electron chi connectivity index (χ2n) is 19.4. The van der Waals surface area contributed by atoms with Crippen molar-refractivity contribution in [2.45, 2.75) is 111 Å². The van der Waals surface area contributed by atoms with Crippen LogP contribution in [0.3, 0.4) is 0 Å². The van der Waals surface area contributed by atoms with E-state index in [0.29, 0.717) is 26.1 Å². The number of methoxy groups -OCH3 is 1. The quantitative estimate of drug-likeness (QED) is 0.0719. The summed E-state index contributed by atoms with van der Waals surface area (Å²) in [5, 5.41) is 15.7. The van der Waals surface area contributed by atoms with Gasteiger partial charge in [0.1, 0.15) is 12.1 Å². The number of aryl methyl sites for hydroxylation is 1. The molecule has 0 bridgehead atoms. The Hall–Kier alpha value is -5.90. The molecular weight excluding hydrogens is 863 g/mol. The van der Waals surface area contributed by atoms with Gasteiger partial charge in [0.25, 0.3) is 5.91 Å². The van der Waals surface area contributed by atoms with Crippen LogP contribution in [0.15, 0.2) is 73.4 Å². The number of likely N-dealkylation sites (tertiary alicyclic amines) is 1. The number of amides is 4. The molecule has 5 atom stereocenters. The first-order valence-corrected chi connectivity index (χ1v) is 23.9. The van der Waals surface area contributed by atoms with Gasteiger partial charge in [-0.05, 0) is 98.0 Å². The van der Waals surface area contributed by atoms with Crippen LogP contribution in [0.4, 0.5) is 0 Å². The van der Waals surface area contributed by atoms with Gasteiger partial charge in [-0.25, -0.2) is 5.43 Å². The molecule has 2 aromatic carbocycles. The van der Waals surface area contributed by atoms with Gasteiger partial charge in [-0.15, -0.1) is 0 Å². The van der Waals surface area contributed by atoms with E-state index in [1.54, 1.807) is 25.4 Å². The Balaban J connectivity index is 1.35. The number of carbonyl (C=O) groups is 5. The van der Waals surface area contributed by atoms with Crippen molar-refractivity contribution < 1.29 is 38.6 Å². The summed E-state index contributed by atoms with van der Waals surface area (Å²) in [6.07, 6.45) is 5.49. The van der Waals surface area contributed by atoms with Crippen LogP contribution < -0.4 is 10.7 Å². The fourth-order valence-corrected chi connectivity index (χ4v) is 9.94. The molecule has 0 saturated carbocycles. The highest BCUT2D eigenvalue weighted by Gasteiger charge is 2.42. The van der Waals surface area contributed by atoms with Gasteiger partial charge >= 0.3 is 5.97 Å². The molecule has 0 spiro atoms. The number of fused-ring (bicyclic) bond motifs is 1. The second kappa shape index (κ2) is 22.5. The second-order valence-corrected chi connectivity index (χ2v) is 19.4. The first-order chi connectivity index (χ1) is 32.4. The largest absolute Gasteiger partial charge is 0.465 e. The van der Waals surface area contributed by atoms with E-state index >= 15 is 0 Å². The molecule has 3 N–H and O–H groups in total. The van der Waals surface area contributed by atoms with Crippen molar-refractivity contribution in [3.8, 4) is 22.4 Å². The number of hydrogen-bond acceptors (Lipinski definition) is 10. The minimum atomic E-state index is -0.961. The van der Waals surface area contributed by atoms with Crippen molar-refractivity contribution in [2.75, 3.05) is 47.0 Å². The average molecular weight is 934 g/mol. The minimum absolute atomic E-state index is 0.108. The van der Waals surface area contributed by atoms with Crippen molar-refractivity contribution in [3.63, 3.8) is 0 Å². The maximum atomic E-state index is 14.5. The van der Waals surface area contributed by atoms with Gasteiger partial charge in [-0.3, -0.25) is 34.0 Å². The predicted octanol–water partition coefficient (Wildman–Crippen LogP) is 6.26. The molecule has 0 radical (unpaired) electrons. The highest BCUT2D eigenvalue weighted by atomic mass is 16.5. The van der Waals surface area contributed by atoms with Crippen LogP contribution in [-0.4, -0.2) is 124 Å². The van der Waals surface area contributed by atoms with Crippen molar-refractivity contribution >= 4 is 40.5 Å². The van der Waals surface area contributed by atoms with E-state index in [1.165, 1.54) is 22.8 Å². The van der Waals surface area contributed by atoms with Crippen molar-refractivity contribution in [2.24, 2.45) is 17.3 Å². The number of likely N-dealkylation sites (N-methyl/N-ethyl adjacent to an activating group) is 1. The van der Waals surface area contributed by atoms with Gasteiger partial charge in [-0.2, -0.15) is 0 Å². The molecule has 0 unspecified atom stereocenters. The third kappa shape index (κ3) is 11.5. The van der Waals surface area contributed by atoms with Crippen LogP contribution in [0.25, 0.3) is 33.3 Å². The third-order valence-electron chi connectivity index (χ3n) is 13.4. The van der Waals surface area contributed by atoms with E-state index in [9.17, 15) is 29.1 Å². The summed E-state index contributed by atoms with van der Waals surface area (Å²) >= 11 is 0. The first-order valence-electron chi connectivity index (χ1n) is 23.9. The van der Waals surface area contributed by atoms with Gasteiger partial charge in [0.05, 0.1) is 42.7 Å². The number of aromatic nitrogens is 2.